The van der Waals surface area contributed by atoms with E-state index >= 15 is 0 Å². The van der Waals surface area contributed by atoms with Crippen molar-refractivity contribution in [2.75, 3.05) is 19.1 Å². The molecule has 1 aliphatic rings. The van der Waals surface area contributed by atoms with Crippen LogP contribution in [0.4, 0.5) is 5.69 Å². The molecule has 1 fully saturated rings. The Morgan fingerprint density at radius 1 is 1.03 bits per heavy atom. The van der Waals surface area contributed by atoms with Gasteiger partial charge in [-0.25, -0.2) is 0 Å². The van der Waals surface area contributed by atoms with E-state index < -0.39 is 0 Å². The summed E-state index contributed by atoms with van der Waals surface area (Å²) in [7, 11) is 3.25. The molecule has 2 aromatic heterocycles. The third-order valence-electron chi connectivity index (χ3n) is 6.12. The maximum atomic E-state index is 6.43. The summed E-state index contributed by atoms with van der Waals surface area (Å²) in [4.78, 5) is 6.61. The van der Waals surface area contributed by atoms with Crippen molar-refractivity contribution in [1.29, 1.82) is 0 Å². The Kier molecular flexibility index (Phi) is 6.36. The van der Waals surface area contributed by atoms with Crippen LogP contribution in [-0.4, -0.2) is 24.3 Å². The minimum atomic E-state index is -0.311. The molecule has 1 aliphatic heterocycles. The summed E-state index contributed by atoms with van der Waals surface area (Å²) in [6, 6.07) is 20.8. The van der Waals surface area contributed by atoms with E-state index in [2.05, 4.69) is 10.3 Å². The van der Waals surface area contributed by atoms with Crippen molar-refractivity contribution in [3.8, 4) is 22.8 Å². The Labute approximate surface area is 214 Å². The van der Waals surface area contributed by atoms with Gasteiger partial charge in [-0.2, -0.15) is 0 Å². The molecule has 6 nitrogen and oxygen atoms in total. The molecule has 2 aromatic carbocycles. The van der Waals surface area contributed by atoms with E-state index in [9.17, 15) is 0 Å². The zero-order chi connectivity index (χ0) is 24.5. The molecule has 1 saturated heterocycles. The van der Waals surface area contributed by atoms with Crippen LogP contribution >= 0.6 is 23.8 Å². The summed E-state index contributed by atoms with van der Waals surface area (Å²) < 4.78 is 17.5. The number of anilines is 1. The molecular weight excluding hydrogens is 482 g/mol. The van der Waals surface area contributed by atoms with Gasteiger partial charge in [0.15, 0.2) is 5.11 Å². The fraction of sp³-hybridized carbons (Fsp3) is 0.185. The number of hydrogen-bond donors (Lipinski definition) is 1. The van der Waals surface area contributed by atoms with E-state index in [0.29, 0.717) is 21.6 Å². The molecule has 2 atom stereocenters. The van der Waals surface area contributed by atoms with Crippen molar-refractivity contribution in [2.24, 2.45) is 0 Å². The second-order valence-electron chi connectivity index (χ2n) is 8.20. The van der Waals surface area contributed by atoms with Crippen LogP contribution < -0.4 is 19.7 Å². The first-order chi connectivity index (χ1) is 17.0. The third kappa shape index (κ3) is 4.33. The molecule has 1 N–H and O–H groups in total. The molecule has 0 bridgehead atoms. The van der Waals surface area contributed by atoms with Gasteiger partial charge in [0, 0.05) is 22.8 Å². The maximum Gasteiger partial charge on any atom is 0.174 e. The lowest BCUT2D eigenvalue weighted by atomic mass is 10.0. The quantitative estimate of drug-likeness (QED) is 0.300. The standard InChI is InChI=1S/C27H24ClN3O3S/c1-16-7-8-17(14-19(16)28)22-11-12-23(34-22)26-25(20-6-4-5-13-29-20)30-27(35)31(26)21-10-9-18(32-2)15-24(21)33-3/h4-15,25-26H,1-3H3,(H,30,35)/t25-,26+/m1/s1. The normalized spacial score (nSPS) is 17.4. The summed E-state index contributed by atoms with van der Waals surface area (Å²) in [6.45, 7) is 1.97. The predicted molar refractivity (Wildman–Crippen MR) is 141 cm³/mol. The van der Waals surface area contributed by atoms with Crippen molar-refractivity contribution >= 4 is 34.6 Å². The van der Waals surface area contributed by atoms with Crippen LogP contribution in [0.3, 0.4) is 0 Å². The molecule has 3 heterocycles. The second-order valence-corrected chi connectivity index (χ2v) is 8.99. The number of benzene rings is 2. The summed E-state index contributed by atoms with van der Waals surface area (Å²) >= 11 is 12.2. The number of ether oxygens (including phenoxy) is 2. The summed E-state index contributed by atoms with van der Waals surface area (Å²) in [6.07, 6.45) is 1.77. The topological polar surface area (TPSA) is 59.8 Å². The highest BCUT2D eigenvalue weighted by Gasteiger charge is 2.43. The van der Waals surface area contributed by atoms with E-state index in [-0.39, 0.29) is 12.1 Å². The molecule has 35 heavy (non-hydrogen) atoms. The number of rotatable bonds is 6. The molecule has 0 aliphatic carbocycles. The van der Waals surface area contributed by atoms with Crippen LogP contribution in [0.2, 0.25) is 5.02 Å². The van der Waals surface area contributed by atoms with E-state index in [0.717, 1.165) is 34.0 Å². The predicted octanol–water partition coefficient (Wildman–Crippen LogP) is 6.50. The van der Waals surface area contributed by atoms with Gasteiger partial charge in [0.05, 0.1) is 31.6 Å². The molecule has 4 aromatic rings. The second kappa shape index (κ2) is 9.60. The van der Waals surface area contributed by atoms with Gasteiger partial charge < -0.3 is 24.1 Å². The average Bonchev–Trinajstić information content (AvgIpc) is 3.50. The van der Waals surface area contributed by atoms with Crippen molar-refractivity contribution in [3.63, 3.8) is 0 Å². The lowest BCUT2D eigenvalue weighted by molar-refractivity contribution is 0.392. The van der Waals surface area contributed by atoms with Gasteiger partial charge in [-0.05, 0) is 67.2 Å². The number of nitrogens with one attached hydrogen (secondary N) is 1. The largest absolute Gasteiger partial charge is 0.497 e. The first kappa shape index (κ1) is 23.2. The van der Waals surface area contributed by atoms with Crippen LogP contribution in [0.1, 0.15) is 29.1 Å². The lowest BCUT2D eigenvalue weighted by Gasteiger charge is -2.27. The first-order valence-corrected chi connectivity index (χ1v) is 11.9. The molecule has 0 spiro atoms. The van der Waals surface area contributed by atoms with Crippen LogP contribution in [-0.2, 0) is 0 Å². The monoisotopic (exact) mass is 505 g/mol. The molecule has 178 valence electrons. The van der Waals surface area contributed by atoms with Gasteiger partial charge in [-0.1, -0.05) is 29.8 Å². The summed E-state index contributed by atoms with van der Waals surface area (Å²) in [5.41, 5.74) is 3.57. The fourth-order valence-electron chi connectivity index (χ4n) is 4.30. The number of methoxy groups -OCH3 is 2. The maximum absolute atomic E-state index is 6.43. The molecule has 8 heteroatoms. The number of thiocarbonyl (C=S) groups is 1. The first-order valence-electron chi connectivity index (χ1n) is 11.1. The number of pyridine rings is 1. The lowest BCUT2D eigenvalue weighted by Crippen LogP contribution is -2.29. The van der Waals surface area contributed by atoms with Crippen molar-refractivity contribution < 1.29 is 13.9 Å². The zero-order valence-electron chi connectivity index (χ0n) is 19.5. The van der Waals surface area contributed by atoms with E-state index in [1.807, 2.05) is 78.6 Å². The van der Waals surface area contributed by atoms with E-state index in [4.69, 9.17) is 37.7 Å². The van der Waals surface area contributed by atoms with E-state index in [1.54, 1.807) is 20.4 Å². The third-order valence-corrected chi connectivity index (χ3v) is 6.84. The zero-order valence-corrected chi connectivity index (χ0v) is 21.1. The van der Waals surface area contributed by atoms with Gasteiger partial charge in [-0.3, -0.25) is 4.98 Å². The minimum absolute atomic E-state index is 0.240. The van der Waals surface area contributed by atoms with E-state index in [1.165, 1.54) is 0 Å². The molecule has 0 saturated carbocycles. The minimum Gasteiger partial charge on any atom is -0.497 e. The number of aryl methyl sites for hydroxylation is 1. The SMILES string of the molecule is COc1ccc(N2C(=S)N[C@H](c3ccccn3)[C@@H]2c2ccc(-c3ccc(C)c(Cl)c3)o2)c(OC)c1. The van der Waals surface area contributed by atoms with Gasteiger partial charge in [0.25, 0.3) is 0 Å². The highest BCUT2D eigenvalue weighted by atomic mass is 35.5. The number of nitrogens with zero attached hydrogens (tertiary/aromatic N) is 2. The van der Waals surface area contributed by atoms with Crippen LogP contribution in [0.5, 0.6) is 11.5 Å². The van der Waals surface area contributed by atoms with Gasteiger partial charge >= 0.3 is 0 Å². The number of furan rings is 1. The average molecular weight is 506 g/mol. The number of aromatic nitrogens is 1. The van der Waals surface area contributed by atoms with Crippen molar-refractivity contribution in [2.45, 2.75) is 19.0 Å². The molecule has 0 unspecified atom stereocenters. The summed E-state index contributed by atoms with van der Waals surface area (Å²) in [5, 5.41) is 4.68. The fourth-order valence-corrected chi connectivity index (χ4v) is 4.82. The number of hydrogen-bond acceptors (Lipinski definition) is 5. The molecule has 0 amide bonds. The highest BCUT2D eigenvalue weighted by Crippen LogP contribution is 2.46. The Morgan fingerprint density at radius 3 is 2.60 bits per heavy atom. The number of halogens is 1. The Balaban J connectivity index is 1.62. The van der Waals surface area contributed by atoms with Crippen LogP contribution in [0.15, 0.2) is 77.3 Å². The Hall–Kier alpha value is -3.55. The Morgan fingerprint density at radius 2 is 1.89 bits per heavy atom. The van der Waals surface area contributed by atoms with Crippen molar-refractivity contribution in [1.82, 2.24) is 10.3 Å². The molecule has 0 radical (unpaired) electrons. The van der Waals surface area contributed by atoms with Crippen LogP contribution in [0, 0.1) is 6.92 Å². The molecular formula is C27H24ClN3O3S. The van der Waals surface area contributed by atoms with Crippen molar-refractivity contribution in [3.05, 3.63) is 95.0 Å². The highest BCUT2D eigenvalue weighted by molar-refractivity contribution is 7.80. The summed E-state index contributed by atoms with van der Waals surface area (Å²) in [5.74, 6) is 2.79. The van der Waals surface area contributed by atoms with Crippen LogP contribution in [0.25, 0.3) is 11.3 Å². The van der Waals surface area contributed by atoms with Gasteiger partial charge in [0.2, 0.25) is 0 Å². The smallest absolute Gasteiger partial charge is 0.174 e. The van der Waals surface area contributed by atoms with Gasteiger partial charge in [-0.15, -0.1) is 0 Å². The Bertz CT molecular complexity index is 1380. The van der Waals surface area contributed by atoms with Gasteiger partial charge in [0.1, 0.15) is 29.1 Å². The molecule has 5 rings (SSSR count).